The average Bonchev–Trinajstić information content (AvgIpc) is 2.87. The Morgan fingerprint density at radius 3 is 2.65 bits per heavy atom. The minimum absolute atomic E-state index is 0.0862. The second-order valence-electron chi connectivity index (χ2n) is 4.98. The highest BCUT2D eigenvalue weighted by atomic mass is 35.5. The molecule has 1 aliphatic rings. The van der Waals surface area contributed by atoms with Gasteiger partial charge in [-0.1, -0.05) is 11.6 Å². The second kappa shape index (κ2) is 6.76. The van der Waals surface area contributed by atoms with Gasteiger partial charge in [0, 0.05) is 11.6 Å². The van der Waals surface area contributed by atoms with Gasteiger partial charge in [-0.15, -0.1) is 0 Å². The molecule has 0 spiro atoms. The maximum atomic E-state index is 12.1. The third-order valence-electron chi connectivity index (χ3n) is 3.40. The fraction of sp³-hybridized carbons (Fsp3) is 0.538. The maximum absolute atomic E-state index is 12.1. The van der Waals surface area contributed by atoms with Crippen LogP contribution in [0.1, 0.15) is 19.3 Å². The molecule has 1 aliphatic heterocycles. The minimum atomic E-state index is -3.56. The molecule has 112 valence electrons. The molecule has 1 aromatic rings. The van der Waals surface area contributed by atoms with E-state index in [1.54, 1.807) is 0 Å². The molecule has 1 fully saturated rings. The lowest BCUT2D eigenvalue weighted by Crippen LogP contribution is -2.29. The monoisotopic (exact) mass is 317 g/mol. The number of anilines is 1. The lowest BCUT2D eigenvalue weighted by Gasteiger charge is -2.14. The second-order valence-corrected chi connectivity index (χ2v) is 7.15. The summed E-state index contributed by atoms with van der Waals surface area (Å²) in [7, 11) is -3.56. The normalized spacial score (nSPS) is 16.6. The van der Waals surface area contributed by atoms with E-state index in [0.29, 0.717) is 11.6 Å². The van der Waals surface area contributed by atoms with Crippen molar-refractivity contribution in [3.8, 4) is 0 Å². The van der Waals surface area contributed by atoms with Crippen LogP contribution in [0.5, 0.6) is 0 Å². The van der Waals surface area contributed by atoms with Crippen molar-refractivity contribution in [1.29, 1.82) is 0 Å². The zero-order valence-electron chi connectivity index (χ0n) is 11.3. The number of likely N-dealkylation sites (tertiary alicyclic amines) is 1. The van der Waals surface area contributed by atoms with E-state index in [4.69, 9.17) is 17.3 Å². The lowest BCUT2D eigenvalue weighted by atomic mass is 10.3. The summed E-state index contributed by atoms with van der Waals surface area (Å²) in [6, 6.07) is 4.40. The van der Waals surface area contributed by atoms with Gasteiger partial charge in [-0.2, -0.15) is 0 Å². The van der Waals surface area contributed by atoms with Crippen LogP contribution in [0.2, 0.25) is 5.02 Å². The van der Waals surface area contributed by atoms with Crippen molar-refractivity contribution in [2.24, 2.45) is 0 Å². The molecule has 0 saturated carbocycles. The number of nitrogens with zero attached hydrogens (tertiary/aromatic N) is 1. The SMILES string of the molecule is Nc1cc(Cl)ccc1S(=O)(=O)NCCCN1CCCC1. The van der Waals surface area contributed by atoms with Crippen LogP contribution >= 0.6 is 11.6 Å². The first-order chi connectivity index (χ1) is 9.49. The van der Waals surface area contributed by atoms with Crippen molar-refractivity contribution >= 4 is 27.3 Å². The summed E-state index contributed by atoms with van der Waals surface area (Å²) < 4.78 is 26.8. The van der Waals surface area contributed by atoms with Crippen LogP contribution in [-0.4, -0.2) is 39.5 Å². The Bertz CT molecular complexity index is 557. The highest BCUT2D eigenvalue weighted by Crippen LogP contribution is 2.22. The van der Waals surface area contributed by atoms with Crippen molar-refractivity contribution in [3.63, 3.8) is 0 Å². The molecule has 0 amide bonds. The summed E-state index contributed by atoms with van der Waals surface area (Å²) in [4.78, 5) is 2.44. The lowest BCUT2D eigenvalue weighted by molar-refractivity contribution is 0.334. The number of nitrogens with two attached hydrogens (primary N) is 1. The molecule has 0 radical (unpaired) electrons. The molecule has 2 rings (SSSR count). The van der Waals surface area contributed by atoms with Crippen LogP contribution in [0.3, 0.4) is 0 Å². The first-order valence-electron chi connectivity index (χ1n) is 6.76. The van der Waals surface area contributed by atoms with Gasteiger partial charge in [-0.05, 0) is 57.1 Å². The number of nitrogens with one attached hydrogen (secondary N) is 1. The summed E-state index contributed by atoms with van der Waals surface area (Å²) in [5.74, 6) is 0. The van der Waals surface area contributed by atoms with Crippen LogP contribution in [-0.2, 0) is 10.0 Å². The Labute approximate surface area is 125 Å². The predicted octanol–water partition coefficient (Wildman–Crippen LogP) is 1.69. The Balaban J connectivity index is 1.87. The van der Waals surface area contributed by atoms with E-state index in [2.05, 4.69) is 9.62 Å². The van der Waals surface area contributed by atoms with Crippen molar-refractivity contribution < 1.29 is 8.42 Å². The number of nitrogen functional groups attached to an aromatic ring is 1. The van der Waals surface area contributed by atoms with Gasteiger partial charge in [0.15, 0.2) is 0 Å². The fourth-order valence-electron chi connectivity index (χ4n) is 2.36. The molecule has 1 aromatic carbocycles. The van der Waals surface area contributed by atoms with Gasteiger partial charge in [0.2, 0.25) is 10.0 Å². The number of hydrogen-bond donors (Lipinski definition) is 2. The van der Waals surface area contributed by atoms with E-state index in [1.165, 1.54) is 31.0 Å². The third kappa shape index (κ3) is 4.09. The summed E-state index contributed by atoms with van der Waals surface area (Å²) in [5.41, 5.74) is 5.87. The average molecular weight is 318 g/mol. The van der Waals surface area contributed by atoms with E-state index in [9.17, 15) is 8.42 Å². The predicted molar refractivity (Wildman–Crippen MR) is 81.3 cm³/mol. The van der Waals surface area contributed by atoms with Gasteiger partial charge in [0.1, 0.15) is 4.90 Å². The van der Waals surface area contributed by atoms with Crippen molar-refractivity contribution in [3.05, 3.63) is 23.2 Å². The number of halogens is 1. The van der Waals surface area contributed by atoms with Crippen LogP contribution < -0.4 is 10.5 Å². The number of benzene rings is 1. The topological polar surface area (TPSA) is 75.4 Å². The summed E-state index contributed by atoms with van der Waals surface area (Å²) in [6.07, 6.45) is 3.28. The molecule has 20 heavy (non-hydrogen) atoms. The Hall–Kier alpha value is -0.820. The molecule has 0 aromatic heterocycles. The quantitative estimate of drug-likeness (QED) is 0.618. The molecule has 1 heterocycles. The van der Waals surface area contributed by atoms with E-state index in [-0.39, 0.29) is 10.6 Å². The molecule has 0 unspecified atom stereocenters. The zero-order valence-corrected chi connectivity index (χ0v) is 12.9. The molecule has 3 N–H and O–H groups in total. The van der Waals surface area contributed by atoms with E-state index < -0.39 is 10.0 Å². The van der Waals surface area contributed by atoms with Gasteiger partial charge < -0.3 is 10.6 Å². The van der Waals surface area contributed by atoms with Gasteiger partial charge in [0.25, 0.3) is 0 Å². The van der Waals surface area contributed by atoms with E-state index in [0.717, 1.165) is 26.1 Å². The van der Waals surface area contributed by atoms with Crippen molar-refractivity contribution in [2.75, 3.05) is 31.9 Å². The van der Waals surface area contributed by atoms with Crippen LogP contribution in [0.25, 0.3) is 0 Å². The Morgan fingerprint density at radius 2 is 2.00 bits per heavy atom. The smallest absolute Gasteiger partial charge is 0.242 e. The van der Waals surface area contributed by atoms with Crippen LogP contribution in [0, 0.1) is 0 Å². The van der Waals surface area contributed by atoms with Crippen LogP contribution in [0.15, 0.2) is 23.1 Å². The third-order valence-corrected chi connectivity index (χ3v) is 5.17. The standard InChI is InChI=1S/C13H20ClN3O2S/c14-11-4-5-13(12(15)10-11)20(18,19)16-6-3-9-17-7-1-2-8-17/h4-5,10,16H,1-3,6-9,15H2. The van der Waals surface area contributed by atoms with Crippen molar-refractivity contribution in [1.82, 2.24) is 9.62 Å². The summed E-state index contributed by atoms with van der Waals surface area (Å²) in [5, 5.41) is 0.426. The molecular formula is C13H20ClN3O2S. The first-order valence-corrected chi connectivity index (χ1v) is 8.62. The van der Waals surface area contributed by atoms with Crippen LogP contribution in [0.4, 0.5) is 5.69 Å². The molecule has 5 nitrogen and oxygen atoms in total. The van der Waals surface area contributed by atoms with E-state index in [1.807, 2.05) is 0 Å². The highest BCUT2D eigenvalue weighted by molar-refractivity contribution is 7.89. The number of rotatable bonds is 6. The number of hydrogen-bond acceptors (Lipinski definition) is 4. The van der Waals surface area contributed by atoms with Gasteiger partial charge in [0.05, 0.1) is 5.69 Å². The molecule has 0 aliphatic carbocycles. The number of sulfonamides is 1. The molecular weight excluding hydrogens is 298 g/mol. The molecule has 1 saturated heterocycles. The van der Waals surface area contributed by atoms with Crippen molar-refractivity contribution in [2.45, 2.75) is 24.2 Å². The maximum Gasteiger partial charge on any atom is 0.242 e. The Kier molecular flexibility index (Phi) is 5.26. The van der Waals surface area contributed by atoms with Gasteiger partial charge in [-0.3, -0.25) is 0 Å². The van der Waals surface area contributed by atoms with Gasteiger partial charge >= 0.3 is 0 Å². The summed E-state index contributed by atoms with van der Waals surface area (Å²) >= 11 is 5.77. The first kappa shape index (κ1) is 15.6. The van der Waals surface area contributed by atoms with Gasteiger partial charge in [-0.25, -0.2) is 13.1 Å². The molecule has 0 bridgehead atoms. The summed E-state index contributed by atoms with van der Waals surface area (Å²) in [6.45, 7) is 3.59. The highest BCUT2D eigenvalue weighted by Gasteiger charge is 2.17. The Morgan fingerprint density at radius 1 is 1.30 bits per heavy atom. The largest absolute Gasteiger partial charge is 0.398 e. The molecule has 0 atom stereocenters. The fourth-order valence-corrected chi connectivity index (χ4v) is 3.72. The van der Waals surface area contributed by atoms with E-state index >= 15 is 0 Å². The zero-order chi connectivity index (χ0) is 14.6. The molecule has 7 heteroatoms. The minimum Gasteiger partial charge on any atom is -0.398 e.